The summed E-state index contributed by atoms with van der Waals surface area (Å²) in [7, 11) is 1.63. The monoisotopic (exact) mass is 845 g/mol. The first-order valence-electron chi connectivity index (χ1n) is 20.2. The second kappa shape index (κ2) is 18.4. The Morgan fingerprint density at radius 1 is 0.950 bits per heavy atom. The number of nitrogens with one attached hydrogen (secondary N) is 2. The first kappa shape index (κ1) is 44.7. The molecule has 1 fully saturated rings. The second-order valence-electron chi connectivity index (χ2n) is 15.8. The van der Waals surface area contributed by atoms with E-state index in [0.29, 0.717) is 46.8 Å². The highest BCUT2D eigenvalue weighted by atomic mass is 32.2. The smallest absolute Gasteiger partial charge is 0.338 e. The van der Waals surface area contributed by atoms with Crippen LogP contribution in [0.5, 0.6) is 0 Å². The molecule has 3 aromatic rings. The number of carboxylic acid groups (broad SMARTS) is 2. The predicted molar refractivity (Wildman–Crippen MR) is 230 cm³/mol. The van der Waals surface area contributed by atoms with Gasteiger partial charge in [-0.2, -0.15) is 0 Å². The number of aryl methyl sites for hydroxylation is 3. The molecule has 8 N–H and O–H groups in total. The lowest BCUT2D eigenvalue weighted by Crippen LogP contribution is -2.57. The van der Waals surface area contributed by atoms with Gasteiger partial charge >= 0.3 is 11.9 Å². The molecule has 15 nitrogen and oxygen atoms in total. The number of aliphatic carboxylic acids is 2. The highest BCUT2D eigenvalue weighted by molar-refractivity contribution is 7.99. The fourth-order valence-corrected chi connectivity index (χ4v) is 9.60. The fourth-order valence-electron chi connectivity index (χ4n) is 8.49. The maximum Gasteiger partial charge on any atom is 0.338 e. The molecule has 0 saturated carbocycles. The minimum Gasteiger partial charge on any atom is -0.481 e. The number of rotatable bonds is 14. The van der Waals surface area contributed by atoms with Gasteiger partial charge in [-0.25, -0.2) is 9.78 Å². The summed E-state index contributed by atoms with van der Waals surface area (Å²) in [5.74, 6) is -2.97. The number of H-pyrrole nitrogens is 2. The number of ether oxygens (including phenoxy) is 1. The van der Waals surface area contributed by atoms with Crippen molar-refractivity contribution in [2.75, 3.05) is 26.0 Å². The topological polar surface area (TPSA) is 242 Å². The number of thioether (sulfide) groups is 1. The Morgan fingerprint density at radius 3 is 2.30 bits per heavy atom. The summed E-state index contributed by atoms with van der Waals surface area (Å²) >= 11 is 1.18. The van der Waals surface area contributed by atoms with Crippen LogP contribution >= 0.6 is 11.8 Å². The Kier molecular flexibility index (Phi) is 13.7. The summed E-state index contributed by atoms with van der Waals surface area (Å²) in [4.78, 5) is 58.2. The van der Waals surface area contributed by atoms with Gasteiger partial charge in [-0.15, -0.1) is 11.8 Å². The van der Waals surface area contributed by atoms with Crippen molar-refractivity contribution in [3.8, 4) is 0 Å². The van der Waals surface area contributed by atoms with Crippen LogP contribution in [0.15, 0.2) is 24.8 Å². The van der Waals surface area contributed by atoms with Crippen molar-refractivity contribution in [3.63, 3.8) is 0 Å². The average molecular weight is 846 g/mol. The predicted octanol–water partition coefficient (Wildman–Crippen LogP) is 4.83. The van der Waals surface area contributed by atoms with E-state index in [2.05, 4.69) is 16.5 Å². The Balaban J connectivity index is 1.50. The summed E-state index contributed by atoms with van der Waals surface area (Å²) in [6.45, 7) is 13.5. The number of fused-ring (bicyclic) bond motifs is 8. The number of carboxylic acids is 2. The lowest BCUT2D eigenvalue weighted by Gasteiger charge is -2.39. The zero-order chi connectivity index (χ0) is 43.7. The van der Waals surface area contributed by atoms with Gasteiger partial charge in [0.05, 0.1) is 35.7 Å². The third-order valence-electron chi connectivity index (χ3n) is 12.1. The summed E-state index contributed by atoms with van der Waals surface area (Å²) in [6, 6.07) is 5.81. The van der Waals surface area contributed by atoms with Crippen molar-refractivity contribution < 1.29 is 49.8 Å². The van der Waals surface area contributed by atoms with Crippen molar-refractivity contribution in [2.45, 2.75) is 108 Å². The van der Waals surface area contributed by atoms with Gasteiger partial charge in [-0.3, -0.25) is 14.6 Å². The van der Waals surface area contributed by atoms with Gasteiger partial charge < -0.3 is 50.2 Å². The SMILES string of the molecule is C=Cc1c(C)c2cc3nc(c(CC(=O)N(C)CCCSC4OC(CO)C(O)C(O)C4O)c4nc(cc5[nH]c(cc1[nH]2)c(C)c5CC)C(C)=C4C(=O)O)[C@@H](CCC(=O)O)[C@@H]3C. The van der Waals surface area contributed by atoms with E-state index < -0.39 is 54.3 Å². The molecular formula is C44H55N5O10S. The van der Waals surface area contributed by atoms with E-state index in [1.807, 2.05) is 45.9 Å². The molecule has 3 aliphatic heterocycles. The van der Waals surface area contributed by atoms with E-state index in [1.54, 1.807) is 20.0 Å². The van der Waals surface area contributed by atoms with Crippen LogP contribution in [0.2, 0.25) is 0 Å². The number of amides is 1. The molecule has 3 aromatic heterocycles. The van der Waals surface area contributed by atoms with Crippen LogP contribution in [0.25, 0.3) is 39.3 Å². The molecule has 5 unspecified atom stereocenters. The largest absolute Gasteiger partial charge is 0.481 e. The third-order valence-corrected chi connectivity index (χ3v) is 13.4. The standard InChI is InChI=1S/C44H55N5O10S/c1-8-24-20(3)28-16-30-22(5)26(11-12-36(52)53)38(47-30)27(15-35(51)49(7)13-10-14-60-44-42(56)41(55)40(54)34(19-50)59-44)39-37(43(57)58)23(6)31(48-39)18-33-25(9-2)21(4)29(46-33)17-32(24)45-28/h8,16-18,22,26,34,40-42,44-46,50,54-56H,1,9-15,19H2,2-7H3,(H,52,53)(H,57,58)/t22-,26-,34?,40?,41?,42?,44?/m0/s1. The molecule has 322 valence electrons. The summed E-state index contributed by atoms with van der Waals surface area (Å²) in [6.07, 6.45) is -2.71. The molecule has 6 heterocycles. The molecule has 0 aromatic carbocycles. The maximum atomic E-state index is 14.3. The third kappa shape index (κ3) is 8.67. The minimum atomic E-state index is -1.49. The van der Waals surface area contributed by atoms with Crippen LogP contribution in [-0.2, 0) is 32.0 Å². The number of aliphatic hydroxyl groups excluding tert-OH is 4. The summed E-state index contributed by atoms with van der Waals surface area (Å²) in [5.41, 5.74) is 8.50. The van der Waals surface area contributed by atoms with Gasteiger partial charge in [0, 0.05) is 70.7 Å². The summed E-state index contributed by atoms with van der Waals surface area (Å²) in [5, 5.41) is 60.9. The maximum absolute atomic E-state index is 14.3. The molecule has 0 spiro atoms. The molecule has 1 amide bonds. The number of allylic oxidation sites excluding steroid dienone is 1. The highest BCUT2D eigenvalue weighted by Crippen LogP contribution is 2.44. The Morgan fingerprint density at radius 2 is 1.65 bits per heavy atom. The second-order valence-corrected chi connectivity index (χ2v) is 17.0. The molecule has 16 heteroatoms. The highest BCUT2D eigenvalue weighted by Gasteiger charge is 2.43. The molecular weight excluding hydrogens is 791 g/mol. The number of carbonyl (C=O) groups is 3. The zero-order valence-electron chi connectivity index (χ0n) is 34.8. The molecule has 0 radical (unpaired) electrons. The van der Waals surface area contributed by atoms with Crippen molar-refractivity contribution in [1.29, 1.82) is 0 Å². The quantitative estimate of drug-likeness (QED) is 0.102. The Bertz CT molecular complexity index is 2390. The number of aromatic amines is 2. The van der Waals surface area contributed by atoms with Crippen molar-refractivity contribution in [2.24, 2.45) is 0 Å². The number of hydrogen-bond donors (Lipinski definition) is 8. The van der Waals surface area contributed by atoms with Gasteiger partial charge in [0.1, 0.15) is 29.9 Å². The van der Waals surface area contributed by atoms with Crippen LogP contribution in [-0.4, -0.2) is 129 Å². The number of likely N-dealkylation sites (N-methyl/N-ethyl adjacent to an activating group) is 1. The van der Waals surface area contributed by atoms with E-state index in [9.17, 15) is 45.0 Å². The number of nitrogens with zero attached hydrogens (tertiary/aromatic N) is 3. The molecule has 60 heavy (non-hydrogen) atoms. The van der Waals surface area contributed by atoms with Gasteiger partial charge in [0.15, 0.2) is 0 Å². The van der Waals surface area contributed by atoms with Crippen LogP contribution in [0, 0.1) is 13.8 Å². The first-order chi connectivity index (χ1) is 28.5. The number of aromatic nitrogens is 4. The Labute approximate surface area is 352 Å². The van der Waals surface area contributed by atoms with Crippen LogP contribution in [0.1, 0.15) is 102 Å². The molecule has 6 rings (SSSR count). The summed E-state index contributed by atoms with van der Waals surface area (Å²) < 4.78 is 5.61. The number of aliphatic hydroxyl groups is 4. The normalized spacial score (nSPS) is 22.9. The van der Waals surface area contributed by atoms with E-state index in [1.165, 1.54) is 16.7 Å². The van der Waals surface area contributed by atoms with Gasteiger partial charge in [-0.05, 0) is 86.2 Å². The van der Waals surface area contributed by atoms with Crippen LogP contribution in [0.4, 0.5) is 0 Å². The Hall–Kier alpha value is -4.84. The van der Waals surface area contributed by atoms with Gasteiger partial charge in [0.2, 0.25) is 5.91 Å². The van der Waals surface area contributed by atoms with Crippen molar-refractivity contribution in [1.82, 2.24) is 24.8 Å². The minimum absolute atomic E-state index is 0.0649. The van der Waals surface area contributed by atoms with E-state index in [0.717, 1.165) is 44.3 Å². The van der Waals surface area contributed by atoms with Crippen molar-refractivity contribution >= 4 is 68.9 Å². The van der Waals surface area contributed by atoms with E-state index >= 15 is 0 Å². The van der Waals surface area contributed by atoms with Crippen LogP contribution < -0.4 is 0 Å². The van der Waals surface area contributed by atoms with Crippen LogP contribution in [0.3, 0.4) is 0 Å². The number of hydrogen-bond acceptors (Lipinski definition) is 11. The average Bonchev–Trinajstić information content (AvgIpc) is 3.89. The van der Waals surface area contributed by atoms with E-state index in [-0.39, 0.29) is 48.9 Å². The lowest BCUT2D eigenvalue weighted by atomic mass is 9.84. The molecule has 0 aliphatic carbocycles. The molecule has 3 aliphatic rings. The molecule has 1 saturated heterocycles. The zero-order valence-corrected chi connectivity index (χ0v) is 35.6. The number of carbonyl (C=O) groups excluding carboxylic acids is 1. The lowest BCUT2D eigenvalue weighted by molar-refractivity contribution is -0.205. The van der Waals surface area contributed by atoms with E-state index in [4.69, 9.17) is 14.7 Å². The first-order valence-corrected chi connectivity index (χ1v) is 21.3. The van der Waals surface area contributed by atoms with Gasteiger partial charge in [0.25, 0.3) is 0 Å². The van der Waals surface area contributed by atoms with Gasteiger partial charge in [-0.1, -0.05) is 26.5 Å². The molecule has 7 atom stereocenters. The van der Waals surface area contributed by atoms with Crippen molar-refractivity contribution in [3.05, 3.63) is 75.4 Å². The fraction of sp³-hybridized carbons (Fsp3) is 0.477. The molecule has 8 bridgehead atoms.